The lowest BCUT2D eigenvalue weighted by Gasteiger charge is -2.08. The van der Waals surface area contributed by atoms with Crippen LogP contribution in [0.25, 0.3) is 0 Å². The van der Waals surface area contributed by atoms with Gasteiger partial charge in [0.1, 0.15) is 5.76 Å². The molecule has 0 saturated heterocycles. The van der Waals surface area contributed by atoms with Gasteiger partial charge in [-0.3, -0.25) is 0 Å². The Morgan fingerprint density at radius 2 is 2.46 bits per heavy atom. The van der Waals surface area contributed by atoms with E-state index in [1.807, 2.05) is 13.0 Å². The van der Waals surface area contributed by atoms with Crippen molar-refractivity contribution in [3.8, 4) is 12.3 Å². The maximum absolute atomic E-state index is 5.92. The zero-order chi connectivity index (χ0) is 9.68. The molecule has 1 heterocycles. The standard InChI is InChI=1S/C11H15NO/c1-3-4-5-6-10(12)11-9(2)7-8-13-11/h1,7-8,10H,4-6,12H2,2H3. The van der Waals surface area contributed by atoms with Gasteiger partial charge in [-0.2, -0.15) is 0 Å². The van der Waals surface area contributed by atoms with Gasteiger partial charge in [0.15, 0.2) is 0 Å². The molecule has 0 bridgehead atoms. The highest BCUT2D eigenvalue weighted by atomic mass is 16.3. The van der Waals surface area contributed by atoms with E-state index in [4.69, 9.17) is 16.6 Å². The summed E-state index contributed by atoms with van der Waals surface area (Å²) in [7, 11) is 0. The van der Waals surface area contributed by atoms with Gasteiger partial charge in [-0.25, -0.2) is 0 Å². The number of furan rings is 1. The molecular formula is C11H15NO. The summed E-state index contributed by atoms with van der Waals surface area (Å²) in [6.07, 6.45) is 9.45. The van der Waals surface area contributed by atoms with Crippen LogP contribution in [-0.4, -0.2) is 0 Å². The van der Waals surface area contributed by atoms with Crippen molar-refractivity contribution in [2.24, 2.45) is 5.73 Å². The molecule has 0 aliphatic rings. The van der Waals surface area contributed by atoms with Gasteiger partial charge < -0.3 is 10.2 Å². The molecule has 0 amide bonds. The highest BCUT2D eigenvalue weighted by molar-refractivity contribution is 5.17. The lowest BCUT2D eigenvalue weighted by atomic mass is 10.1. The van der Waals surface area contributed by atoms with Crippen LogP contribution in [0.15, 0.2) is 16.7 Å². The third-order valence-corrected chi connectivity index (χ3v) is 2.07. The smallest absolute Gasteiger partial charge is 0.123 e. The van der Waals surface area contributed by atoms with Gasteiger partial charge >= 0.3 is 0 Å². The molecule has 2 heteroatoms. The first-order chi connectivity index (χ1) is 6.25. The first kappa shape index (κ1) is 9.88. The van der Waals surface area contributed by atoms with Gasteiger partial charge in [0.25, 0.3) is 0 Å². The molecule has 0 aliphatic carbocycles. The molecule has 1 aromatic rings. The molecule has 70 valence electrons. The normalized spacial score (nSPS) is 12.4. The fraction of sp³-hybridized carbons (Fsp3) is 0.455. The van der Waals surface area contributed by atoms with Crippen LogP contribution in [0.2, 0.25) is 0 Å². The maximum atomic E-state index is 5.92. The molecule has 1 rings (SSSR count). The summed E-state index contributed by atoms with van der Waals surface area (Å²) < 4.78 is 5.28. The number of terminal acetylenes is 1. The zero-order valence-corrected chi connectivity index (χ0v) is 7.92. The largest absolute Gasteiger partial charge is 0.467 e. The second-order valence-electron chi connectivity index (χ2n) is 3.17. The van der Waals surface area contributed by atoms with E-state index in [-0.39, 0.29) is 6.04 Å². The second kappa shape index (κ2) is 4.74. The van der Waals surface area contributed by atoms with E-state index < -0.39 is 0 Å². The third-order valence-electron chi connectivity index (χ3n) is 2.07. The van der Waals surface area contributed by atoms with Crippen molar-refractivity contribution in [1.82, 2.24) is 0 Å². The Bertz CT molecular complexity index is 295. The highest BCUT2D eigenvalue weighted by Crippen LogP contribution is 2.20. The maximum Gasteiger partial charge on any atom is 0.123 e. The monoisotopic (exact) mass is 177 g/mol. The molecule has 2 nitrogen and oxygen atoms in total. The van der Waals surface area contributed by atoms with Crippen molar-refractivity contribution in [2.75, 3.05) is 0 Å². The van der Waals surface area contributed by atoms with Crippen LogP contribution < -0.4 is 5.73 Å². The number of nitrogens with two attached hydrogens (primary N) is 1. The fourth-order valence-corrected chi connectivity index (χ4v) is 1.32. The van der Waals surface area contributed by atoms with Crippen LogP contribution in [-0.2, 0) is 0 Å². The minimum atomic E-state index is -0.0108. The fourth-order valence-electron chi connectivity index (χ4n) is 1.32. The summed E-state index contributed by atoms with van der Waals surface area (Å²) >= 11 is 0. The van der Waals surface area contributed by atoms with Gasteiger partial charge in [0, 0.05) is 6.42 Å². The Balaban J connectivity index is 2.45. The summed E-state index contributed by atoms with van der Waals surface area (Å²) in [5.74, 6) is 3.48. The minimum absolute atomic E-state index is 0.0108. The van der Waals surface area contributed by atoms with Crippen LogP contribution in [0.4, 0.5) is 0 Å². The van der Waals surface area contributed by atoms with Gasteiger partial charge in [0.05, 0.1) is 12.3 Å². The molecule has 0 fully saturated rings. The molecule has 0 saturated carbocycles. The lowest BCUT2D eigenvalue weighted by Crippen LogP contribution is -2.10. The van der Waals surface area contributed by atoms with Crippen LogP contribution in [0.1, 0.15) is 36.6 Å². The number of hydrogen-bond acceptors (Lipinski definition) is 2. The Morgan fingerprint density at radius 1 is 1.69 bits per heavy atom. The van der Waals surface area contributed by atoms with E-state index >= 15 is 0 Å². The van der Waals surface area contributed by atoms with E-state index in [1.165, 1.54) is 0 Å². The Hall–Kier alpha value is -1.20. The van der Waals surface area contributed by atoms with Crippen LogP contribution in [0, 0.1) is 19.3 Å². The summed E-state index contributed by atoms with van der Waals surface area (Å²) in [4.78, 5) is 0. The van der Waals surface area contributed by atoms with Crippen LogP contribution in [0.3, 0.4) is 0 Å². The van der Waals surface area contributed by atoms with Crippen molar-refractivity contribution in [3.05, 3.63) is 23.7 Å². The summed E-state index contributed by atoms with van der Waals surface area (Å²) in [6, 6.07) is 1.92. The van der Waals surface area contributed by atoms with Gasteiger partial charge in [-0.1, -0.05) is 0 Å². The lowest BCUT2D eigenvalue weighted by molar-refractivity contribution is 0.444. The van der Waals surface area contributed by atoms with Crippen LogP contribution in [0.5, 0.6) is 0 Å². The van der Waals surface area contributed by atoms with E-state index in [2.05, 4.69) is 5.92 Å². The molecule has 1 atom stereocenters. The Kier molecular flexibility index (Phi) is 3.60. The van der Waals surface area contributed by atoms with Gasteiger partial charge in [0.2, 0.25) is 0 Å². The quantitative estimate of drug-likeness (QED) is 0.566. The predicted octanol–water partition coefficient (Wildman–Crippen LogP) is 2.39. The molecule has 2 N–H and O–H groups in total. The molecule has 0 aliphatic heterocycles. The molecule has 0 spiro atoms. The number of aryl methyl sites for hydroxylation is 1. The summed E-state index contributed by atoms with van der Waals surface area (Å²) in [6.45, 7) is 2.00. The van der Waals surface area contributed by atoms with E-state index in [0.29, 0.717) is 0 Å². The van der Waals surface area contributed by atoms with E-state index in [0.717, 1.165) is 30.6 Å². The Labute approximate surface area is 79.1 Å². The summed E-state index contributed by atoms with van der Waals surface area (Å²) in [5.41, 5.74) is 7.04. The molecule has 1 unspecified atom stereocenters. The highest BCUT2D eigenvalue weighted by Gasteiger charge is 2.11. The number of unbranched alkanes of at least 4 members (excludes halogenated alkanes) is 1. The first-order valence-electron chi connectivity index (χ1n) is 4.48. The number of rotatable bonds is 4. The predicted molar refractivity (Wildman–Crippen MR) is 53.1 cm³/mol. The topological polar surface area (TPSA) is 39.2 Å². The van der Waals surface area contributed by atoms with Crippen LogP contribution >= 0.6 is 0 Å². The van der Waals surface area contributed by atoms with Crippen molar-refractivity contribution < 1.29 is 4.42 Å². The summed E-state index contributed by atoms with van der Waals surface area (Å²) in [5, 5.41) is 0. The number of hydrogen-bond donors (Lipinski definition) is 1. The van der Waals surface area contributed by atoms with E-state index in [1.54, 1.807) is 6.26 Å². The van der Waals surface area contributed by atoms with E-state index in [9.17, 15) is 0 Å². The third kappa shape index (κ3) is 2.64. The van der Waals surface area contributed by atoms with Crippen molar-refractivity contribution in [3.63, 3.8) is 0 Å². The molecular weight excluding hydrogens is 162 g/mol. The molecule has 1 aromatic heterocycles. The SMILES string of the molecule is C#CCCCC(N)c1occc1C. The van der Waals surface area contributed by atoms with Crippen molar-refractivity contribution >= 4 is 0 Å². The first-order valence-corrected chi connectivity index (χ1v) is 4.48. The molecule has 0 radical (unpaired) electrons. The van der Waals surface area contributed by atoms with Crippen molar-refractivity contribution in [2.45, 2.75) is 32.2 Å². The molecule has 13 heavy (non-hydrogen) atoms. The average Bonchev–Trinajstić information content (AvgIpc) is 2.52. The Morgan fingerprint density at radius 3 is 3.00 bits per heavy atom. The molecule has 0 aromatic carbocycles. The minimum Gasteiger partial charge on any atom is -0.467 e. The average molecular weight is 177 g/mol. The zero-order valence-electron chi connectivity index (χ0n) is 7.92. The van der Waals surface area contributed by atoms with Crippen molar-refractivity contribution in [1.29, 1.82) is 0 Å². The van der Waals surface area contributed by atoms with Gasteiger partial charge in [-0.15, -0.1) is 12.3 Å². The van der Waals surface area contributed by atoms with Gasteiger partial charge in [-0.05, 0) is 31.4 Å². The second-order valence-corrected chi connectivity index (χ2v) is 3.17.